The van der Waals surface area contributed by atoms with Crippen LogP contribution in [0.5, 0.6) is 5.75 Å². The Labute approximate surface area is 156 Å². The van der Waals surface area contributed by atoms with Crippen molar-refractivity contribution in [1.82, 2.24) is 14.9 Å². The number of para-hydroxylation sites is 4. The van der Waals surface area contributed by atoms with Crippen LogP contribution in [-0.2, 0) is 23.2 Å². The molecule has 0 aliphatic carbocycles. The second-order valence-electron chi connectivity index (χ2n) is 6.40. The van der Waals surface area contributed by atoms with Crippen molar-refractivity contribution >= 4 is 28.5 Å². The fraction of sp³-hybridized carbons (Fsp3) is 0.250. The number of nitrogens with zero attached hydrogens (tertiary/aromatic N) is 3. The number of amides is 2. The number of fused-ring (bicyclic) bond motifs is 2. The van der Waals surface area contributed by atoms with Crippen LogP contribution in [0.2, 0.25) is 0 Å². The molecule has 2 amide bonds. The summed E-state index contributed by atoms with van der Waals surface area (Å²) in [4.78, 5) is 30.9. The Bertz CT molecular complexity index is 1010. The van der Waals surface area contributed by atoms with Crippen LogP contribution in [0.4, 0.5) is 5.69 Å². The van der Waals surface area contributed by atoms with Gasteiger partial charge >= 0.3 is 0 Å². The molecule has 1 aliphatic heterocycles. The first-order chi connectivity index (χ1) is 13.1. The van der Waals surface area contributed by atoms with E-state index in [4.69, 9.17) is 4.74 Å². The molecule has 0 radical (unpaired) electrons. The highest BCUT2D eigenvalue weighted by Crippen LogP contribution is 2.30. The topological polar surface area (TPSA) is 76.5 Å². The van der Waals surface area contributed by atoms with Crippen molar-refractivity contribution in [3.05, 3.63) is 54.4 Å². The van der Waals surface area contributed by atoms with Crippen molar-refractivity contribution in [2.75, 3.05) is 18.1 Å². The Kier molecular flexibility index (Phi) is 4.50. The SMILES string of the molecule is Cn1c(CNC(=O)CN2C(=O)CCOc3ccccc32)nc2ccccc21. The number of aromatic nitrogens is 2. The van der Waals surface area contributed by atoms with E-state index in [0.717, 1.165) is 16.9 Å². The molecule has 0 spiro atoms. The Morgan fingerprint density at radius 2 is 1.96 bits per heavy atom. The van der Waals surface area contributed by atoms with Crippen LogP contribution in [0.25, 0.3) is 11.0 Å². The highest BCUT2D eigenvalue weighted by atomic mass is 16.5. The van der Waals surface area contributed by atoms with Gasteiger partial charge in [-0.15, -0.1) is 0 Å². The predicted octanol–water partition coefficient (Wildman–Crippen LogP) is 2.01. The Balaban J connectivity index is 1.47. The van der Waals surface area contributed by atoms with E-state index < -0.39 is 0 Å². The molecule has 27 heavy (non-hydrogen) atoms. The molecule has 2 aromatic carbocycles. The minimum atomic E-state index is -0.243. The molecule has 1 N–H and O–H groups in total. The zero-order valence-corrected chi connectivity index (χ0v) is 15.0. The first-order valence-corrected chi connectivity index (χ1v) is 8.83. The highest BCUT2D eigenvalue weighted by Gasteiger charge is 2.25. The zero-order chi connectivity index (χ0) is 18.8. The Morgan fingerprint density at radius 3 is 2.81 bits per heavy atom. The van der Waals surface area contributed by atoms with Gasteiger partial charge in [-0.3, -0.25) is 14.5 Å². The number of rotatable bonds is 4. The summed E-state index contributed by atoms with van der Waals surface area (Å²) in [6, 6.07) is 15.1. The number of imidazole rings is 1. The number of carbonyl (C=O) groups is 2. The van der Waals surface area contributed by atoms with Crippen LogP contribution in [0.3, 0.4) is 0 Å². The molecule has 1 aromatic heterocycles. The van der Waals surface area contributed by atoms with Gasteiger partial charge in [-0.05, 0) is 24.3 Å². The smallest absolute Gasteiger partial charge is 0.240 e. The van der Waals surface area contributed by atoms with Crippen LogP contribution in [0.15, 0.2) is 48.5 Å². The van der Waals surface area contributed by atoms with Crippen LogP contribution in [-0.4, -0.2) is 34.5 Å². The van der Waals surface area contributed by atoms with E-state index in [1.807, 2.05) is 48.0 Å². The monoisotopic (exact) mass is 364 g/mol. The first kappa shape index (κ1) is 17.1. The summed E-state index contributed by atoms with van der Waals surface area (Å²) in [5.74, 6) is 1.01. The van der Waals surface area contributed by atoms with Crippen molar-refractivity contribution in [2.24, 2.45) is 7.05 Å². The van der Waals surface area contributed by atoms with Crippen molar-refractivity contribution in [3.8, 4) is 5.75 Å². The average molecular weight is 364 g/mol. The van der Waals surface area contributed by atoms with E-state index >= 15 is 0 Å². The van der Waals surface area contributed by atoms with Gasteiger partial charge in [-0.2, -0.15) is 0 Å². The minimum absolute atomic E-state index is 0.0524. The predicted molar refractivity (Wildman–Crippen MR) is 101 cm³/mol. The van der Waals surface area contributed by atoms with E-state index in [1.165, 1.54) is 4.90 Å². The summed E-state index contributed by atoms with van der Waals surface area (Å²) >= 11 is 0. The van der Waals surface area contributed by atoms with Crippen LogP contribution in [0, 0.1) is 0 Å². The third-order valence-electron chi connectivity index (χ3n) is 4.66. The van der Waals surface area contributed by atoms with Gasteiger partial charge in [0.05, 0.1) is 36.3 Å². The molecule has 7 nitrogen and oxygen atoms in total. The van der Waals surface area contributed by atoms with Gasteiger partial charge in [0.15, 0.2) is 0 Å². The number of carbonyl (C=O) groups excluding carboxylic acids is 2. The van der Waals surface area contributed by atoms with Gasteiger partial charge in [0.2, 0.25) is 11.8 Å². The van der Waals surface area contributed by atoms with Gasteiger partial charge in [0.25, 0.3) is 0 Å². The standard InChI is InChI=1S/C20H20N4O3/c1-23-15-7-3-2-6-14(15)22-18(23)12-21-19(25)13-24-16-8-4-5-9-17(16)27-11-10-20(24)26/h2-9H,10-13H2,1H3,(H,21,25). The number of hydrogen-bond acceptors (Lipinski definition) is 4. The normalized spacial score (nSPS) is 13.8. The molecular weight excluding hydrogens is 344 g/mol. The largest absolute Gasteiger partial charge is 0.491 e. The molecule has 0 saturated carbocycles. The minimum Gasteiger partial charge on any atom is -0.491 e. The third kappa shape index (κ3) is 3.36. The molecule has 4 rings (SSSR count). The number of aryl methyl sites for hydroxylation is 1. The van der Waals surface area contributed by atoms with E-state index in [2.05, 4.69) is 10.3 Å². The lowest BCUT2D eigenvalue weighted by Crippen LogP contribution is -2.40. The molecule has 2 heterocycles. The molecule has 1 aliphatic rings. The summed E-state index contributed by atoms with van der Waals surface area (Å²) in [6.45, 7) is 0.557. The van der Waals surface area contributed by atoms with E-state index in [-0.39, 0.29) is 24.8 Å². The second-order valence-corrected chi connectivity index (χ2v) is 6.40. The molecular formula is C20H20N4O3. The summed E-state index contributed by atoms with van der Waals surface area (Å²) < 4.78 is 7.56. The maximum Gasteiger partial charge on any atom is 0.240 e. The van der Waals surface area contributed by atoms with Crippen molar-refractivity contribution < 1.29 is 14.3 Å². The number of hydrogen-bond donors (Lipinski definition) is 1. The fourth-order valence-corrected chi connectivity index (χ4v) is 3.22. The van der Waals surface area contributed by atoms with Gasteiger partial charge in [0.1, 0.15) is 18.1 Å². The number of ether oxygens (including phenoxy) is 1. The van der Waals surface area contributed by atoms with Crippen molar-refractivity contribution in [2.45, 2.75) is 13.0 Å². The average Bonchev–Trinajstić information content (AvgIpc) is 2.92. The number of nitrogens with one attached hydrogen (secondary N) is 1. The Morgan fingerprint density at radius 1 is 1.19 bits per heavy atom. The second kappa shape index (κ2) is 7.11. The van der Waals surface area contributed by atoms with Crippen molar-refractivity contribution in [1.29, 1.82) is 0 Å². The van der Waals surface area contributed by atoms with E-state index in [0.29, 0.717) is 24.6 Å². The van der Waals surface area contributed by atoms with Crippen LogP contribution in [0.1, 0.15) is 12.2 Å². The quantitative estimate of drug-likeness (QED) is 0.768. The summed E-state index contributed by atoms with van der Waals surface area (Å²) in [6.07, 6.45) is 0.243. The zero-order valence-electron chi connectivity index (χ0n) is 15.0. The van der Waals surface area contributed by atoms with Gasteiger partial charge in [-0.1, -0.05) is 24.3 Å². The molecule has 0 fully saturated rings. The summed E-state index contributed by atoms with van der Waals surface area (Å²) in [5, 5.41) is 2.86. The lowest BCUT2D eigenvalue weighted by molar-refractivity contribution is -0.124. The lowest BCUT2D eigenvalue weighted by atomic mass is 10.2. The van der Waals surface area contributed by atoms with Gasteiger partial charge in [0, 0.05) is 7.05 Å². The maximum absolute atomic E-state index is 12.5. The third-order valence-corrected chi connectivity index (χ3v) is 4.66. The molecule has 7 heteroatoms. The molecule has 3 aromatic rings. The Hall–Kier alpha value is -3.35. The molecule has 0 saturated heterocycles. The maximum atomic E-state index is 12.5. The molecule has 138 valence electrons. The summed E-state index contributed by atoms with van der Waals surface area (Å²) in [7, 11) is 1.92. The van der Waals surface area contributed by atoms with E-state index in [1.54, 1.807) is 12.1 Å². The first-order valence-electron chi connectivity index (χ1n) is 8.83. The molecule has 0 unspecified atom stereocenters. The summed E-state index contributed by atoms with van der Waals surface area (Å²) in [5.41, 5.74) is 2.52. The number of anilines is 1. The highest BCUT2D eigenvalue weighted by molar-refractivity contribution is 6.00. The van der Waals surface area contributed by atoms with Crippen LogP contribution >= 0.6 is 0 Å². The van der Waals surface area contributed by atoms with Gasteiger partial charge < -0.3 is 14.6 Å². The fourth-order valence-electron chi connectivity index (χ4n) is 3.22. The van der Waals surface area contributed by atoms with Gasteiger partial charge in [-0.25, -0.2) is 4.98 Å². The molecule has 0 bridgehead atoms. The van der Waals surface area contributed by atoms with Crippen LogP contribution < -0.4 is 15.0 Å². The lowest BCUT2D eigenvalue weighted by Gasteiger charge is -2.21. The van der Waals surface area contributed by atoms with Crippen molar-refractivity contribution in [3.63, 3.8) is 0 Å². The number of benzene rings is 2. The molecule has 0 atom stereocenters. The van der Waals surface area contributed by atoms with E-state index in [9.17, 15) is 9.59 Å².